The van der Waals surface area contributed by atoms with Crippen molar-refractivity contribution in [3.8, 4) is 16.9 Å². The number of hydrogen-bond acceptors (Lipinski definition) is 8. The molecule has 0 aliphatic heterocycles. The Labute approximate surface area is 228 Å². The molecule has 2 aromatic carbocycles. The van der Waals surface area contributed by atoms with Crippen LogP contribution in [0.3, 0.4) is 0 Å². The zero-order valence-corrected chi connectivity index (χ0v) is 22.2. The Hall–Kier alpha value is -3.83. The highest BCUT2D eigenvalue weighted by atomic mass is 19.1. The fourth-order valence-corrected chi connectivity index (χ4v) is 7.68. The van der Waals surface area contributed by atoms with E-state index in [1.807, 2.05) is 0 Å². The van der Waals surface area contributed by atoms with Crippen LogP contribution in [-0.2, 0) is 25.6 Å². The SMILES string of the molecule is CN(C)[C@@H]1C(=O)C(C(N)=O)C(=O)[C@@]2(O)C(=O)C3C(=O)c4c(O)ccc(-c5ccc(F)cc5F)c4C[C@@]3(C)C[C@@]12C. The van der Waals surface area contributed by atoms with Crippen LogP contribution in [-0.4, -0.2) is 69.9 Å². The number of ketones is 4. The minimum absolute atomic E-state index is 0.0316. The highest BCUT2D eigenvalue weighted by molar-refractivity contribution is 6.33. The third-order valence-corrected chi connectivity index (χ3v) is 9.09. The normalized spacial score (nSPS) is 33.5. The third kappa shape index (κ3) is 3.34. The first-order chi connectivity index (χ1) is 18.5. The van der Waals surface area contributed by atoms with Crippen molar-refractivity contribution in [3.05, 3.63) is 53.1 Å². The summed E-state index contributed by atoms with van der Waals surface area (Å²) in [7, 11) is 2.99. The number of phenols is 1. The highest BCUT2D eigenvalue weighted by Crippen LogP contribution is 2.62. The van der Waals surface area contributed by atoms with E-state index >= 15 is 0 Å². The van der Waals surface area contributed by atoms with Crippen LogP contribution >= 0.6 is 0 Å². The summed E-state index contributed by atoms with van der Waals surface area (Å²) >= 11 is 0. The largest absolute Gasteiger partial charge is 0.507 e. The van der Waals surface area contributed by atoms with Crippen LogP contribution in [0.4, 0.5) is 8.78 Å². The lowest BCUT2D eigenvalue weighted by atomic mass is 9.42. The molecule has 6 atom stereocenters. The molecule has 2 saturated carbocycles. The number of fused-ring (bicyclic) bond motifs is 3. The lowest BCUT2D eigenvalue weighted by Crippen LogP contribution is -2.79. The zero-order chi connectivity index (χ0) is 29.7. The summed E-state index contributed by atoms with van der Waals surface area (Å²) in [5.41, 5.74) is -0.542. The monoisotopic (exact) mass is 554 g/mol. The number of nitrogens with zero attached hydrogens (tertiary/aromatic N) is 1. The predicted octanol–water partition coefficient (Wildman–Crippen LogP) is 1.59. The Morgan fingerprint density at radius 3 is 2.23 bits per heavy atom. The summed E-state index contributed by atoms with van der Waals surface area (Å²) in [6, 6.07) is 4.17. The van der Waals surface area contributed by atoms with Crippen molar-refractivity contribution in [2.24, 2.45) is 28.4 Å². The van der Waals surface area contributed by atoms with Gasteiger partial charge in [-0.2, -0.15) is 0 Å². The Morgan fingerprint density at radius 1 is 1.02 bits per heavy atom. The molecule has 0 bridgehead atoms. The first-order valence-electron chi connectivity index (χ1n) is 12.7. The molecule has 1 amide bonds. The Kier molecular flexibility index (Phi) is 5.95. The van der Waals surface area contributed by atoms with Crippen LogP contribution in [0.1, 0.15) is 36.2 Å². The molecule has 40 heavy (non-hydrogen) atoms. The standard InChI is InChI=1S/C29H28F2N2O7/c1-27-10-15-13(14-6-5-12(30)9-16(14)31)7-8-17(34)18(15)21(35)20(27)25(38)29(40)24(37)19(26(32)39)22(36)23(33(3)4)28(29,2)11-27/h5-9,19-20,23,34,40H,10-11H2,1-4H3,(H2,32,39)/t19?,20?,23-,27+,28+,29-/m1/s1. The van der Waals surface area contributed by atoms with Crippen LogP contribution in [0.25, 0.3) is 11.1 Å². The quantitative estimate of drug-likeness (QED) is 0.483. The maximum Gasteiger partial charge on any atom is 0.235 e. The number of halogens is 2. The van der Waals surface area contributed by atoms with Crippen LogP contribution in [0, 0.1) is 34.3 Å². The van der Waals surface area contributed by atoms with Crippen molar-refractivity contribution >= 4 is 29.0 Å². The van der Waals surface area contributed by atoms with Crippen molar-refractivity contribution in [2.45, 2.75) is 38.3 Å². The van der Waals surface area contributed by atoms with E-state index in [2.05, 4.69) is 0 Å². The van der Waals surface area contributed by atoms with Crippen molar-refractivity contribution in [1.29, 1.82) is 0 Å². The van der Waals surface area contributed by atoms with Crippen molar-refractivity contribution in [1.82, 2.24) is 4.90 Å². The van der Waals surface area contributed by atoms with Gasteiger partial charge in [-0.05, 0) is 61.7 Å². The number of phenolic OH excluding ortho intramolecular Hbond substituents is 1. The van der Waals surface area contributed by atoms with Gasteiger partial charge in [-0.25, -0.2) is 8.78 Å². The molecule has 2 fully saturated rings. The van der Waals surface area contributed by atoms with Gasteiger partial charge in [0.1, 0.15) is 17.4 Å². The minimum Gasteiger partial charge on any atom is -0.507 e. The second-order valence-corrected chi connectivity index (χ2v) is 11.9. The van der Waals surface area contributed by atoms with E-state index in [4.69, 9.17) is 5.73 Å². The molecule has 0 heterocycles. The summed E-state index contributed by atoms with van der Waals surface area (Å²) in [5, 5.41) is 22.6. The molecule has 0 saturated heterocycles. The van der Waals surface area contributed by atoms with E-state index in [-0.39, 0.29) is 35.1 Å². The van der Waals surface area contributed by atoms with Gasteiger partial charge in [0.05, 0.1) is 17.5 Å². The van der Waals surface area contributed by atoms with Gasteiger partial charge < -0.3 is 15.9 Å². The molecule has 3 aliphatic rings. The second-order valence-electron chi connectivity index (χ2n) is 11.9. The molecule has 5 rings (SSSR count). The van der Waals surface area contributed by atoms with Gasteiger partial charge in [0.15, 0.2) is 34.7 Å². The number of aliphatic hydroxyl groups is 1. The number of benzene rings is 2. The molecule has 9 nitrogen and oxygen atoms in total. The number of carbonyl (C=O) groups excluding carboxylic acids is 5. The second kappa shape index (κ2) is 8.58. The van der Waals surface area contributed by atoms with Crippen LogP contribution in [0.15, 0.2) is 30.3 Å². The predicted molar refractivity (Wildman–Crippen MR) is 136 cm³/mol. The zero-order valence-electron chi connectivity index (χ0n) is 22.2. The fourth-order valence-electron chi connectivity index (χ4n) is 7.68. The Morgan fingerprint density at radius 2 is 1.65 bits per heavy atom. The molecule has 0 spiro atoms. The van der Waals surface area contributed by atoms with E-state index in [0.29, 0.717) is 6.07 Å². The fraction of sp³-hybridized carbons (Fsp3) is 0.414. The van der Waals surface area contributed by atoms with Crippen molar-refractivity contribution < 1.29 is 43.0 Å². The molecule has 0 radical (unpaired) electrons. The van der Waals surface area contributed by atoms with Crippen molar-refractivity contribution in [2.75, 3.05) is 14.1 Å². The smallest absolute Gasteiger partial charge is 0.235 e. The summed E-state index contributed by atoms with van der Waals surface area (Å²) in [5.74, 6) is -11.6. The van der Waals surface area contributed by atoms with Crippen LogP contribution < -0.4 is 5.73 Å². The molecule has 2 aromatic rings. The first kappa shape index (κ1) is 27.7. The van der Waals surface area contributed by atoms with Gasteiger partial charge in [-0.15, -0.1) is 0 Å². The number of primary amides is 1. The summed E-state index contributed by atoms with van der Waals surface area (Å²) < 4.78 is 28.5. The lowest BCUT2D eigenvalue weighted by molar-refractivity contribution is -0.203. The summed E-state index contributed by atoms with van der Waals surface area (Å²) in [4.78, 5) is 68.8. The van der Waals surface area contributed by atoms with Gasteiger partial charge >= 0.3 is 0 Å². The van der Waals surface area contributed by atoms with Crippen molar-refractivity contribution in [3.63, 3.8) is 0 Å². The lowest BCUT2D eigenvalue weighted by Gasteiger charge is -2.61. The average Bonchev–Trinajstić information content (AvgIpc) is 2.81. The molecule has 3 aliphatic carbocycles. The van der Waals surface area contributed by atoms with E-state index < -0.39 is 80.7 Å². The number of likely N-dealkylation sites (N-methyl/N-ethyl adjacent to an activating group) is 1. The van der Waals surface area contributed by atoms with Crippen LogP contribution in [0.2, 0.25) is 0 Å². The molecule has 4 N–H and O–H groups in total. The molecular weight excluding hydrogens is 526 g/mol. The van der Waals surface area contributed by atoms with Gasteiger partial charge in [0.2, 0.25) is 5.91 Å². The number of rotatable bonds is 3. The maximum absolute atomic E-state index is 14.9. The number of nitrogens with two attached hydrogens (primary N) is 1. The molecule has 210 valence electrons. The number of Topliss-reactive ketones (excluding diaryl/α,β-unsaturated/α-hetero) is 4. The van der Waals surface area contributed by atoms with Gasteiger partial charge in [-0.3, -0.25) is 28.9 Å². The topological polar surface area (TPSA) is 155 Å². The molecule has 11 heteroatoms. The van der Waals surface area contributed by atoms with Gasteiger partial charge in [0.25, 0.3) is 0 Å². The maximum atomic E-state index is 14.9. The van der Waals surface area contributed by atoms with E-state index in [9.17, 15) is 43.0 Å². The molecule has 2 unspecified atom stereocenters. The number of aromatic hydroxyl groups is 1. The van der Waals surface area contributed by atoms with E-state index in [0.717, 1.165) is 12.1 Å². The summed E-state index contributed by atoms with van der Waals surface area (Å²) in [6.45, 7) is 2.99. The number of carbonyl (C=O) groups is 5. The van der Waals surface area contributed by atoms with Crippen LogP contribution in [0.5, 0.6) is 5.75 Å². The third-order valence-electron chi connectivity index (χ3n) is 9.09. The minimum atomic E-state index is -2.91. The highest BCUT2D eigenvalue weighted by Gasteiger charge is 2.76. The number of hydrogen-bond donors (Lipinski definition) is 3. The molecular formula is C29H28F2N2O7. The van der Waals surface area contributed by atoms with E-state index in [1.54, 1.807) is 6.92 Å². The van der Waals surface area contributed by atoms with Gasteiger partial charge in [-0.1, -0.05) is 19.9 Å². The van der Waals surface area contributed by atoms with E-state index in [1.165, 1.54) is 38.1 Å². The average molecular weight is 555 g/mol. The first-order valence-corrected chi connectivity index (χ1v) is 12.7. The number of amides is 1. The summed E-state index contributed by atoms with van der Waals surface area (Å²) in [6.07, 6.45) is -0.288. The Balaban J connectivity index is 1.76. The Bertz CT molecular complexity index is 1560. The van der Waals surface area contributed by atoms with Gasteiger partial charge in [0, 0.05) is 17.0 Å². The molecule has 0 aromatic heterocycles.